The van der Waals surface area contributed by atoms with E-state index in [1.54, 1.807) is 30.5 Å². The van der Waals surface area contributed by atoms with E-state index in [4.69, 9.17) is 11.6 Å². The van der Waals surface area contributed by atoms with Gasteiger partial charge in [-0.2, -0.15) is 0 Å². The fourth-order valence-electron chi connectivity index (χ4n) is 3.61. The molecule has 180 valence electrons. The number of amides is 2. The maximum absolute atomic E-state index is 12.8. The highest BCUT2D eigenvalue weighted by molar-refractivity contribution is 14.1. The van der Waals surface area contributed by atoms with Crippen LogP contribution in [0.3, 0.4) is 0 Å². The van der Waals surface area contributed by atoms with Crippen molar-refractivity contribution >= 4 is 69.0 Å². The Balaban J connectivity index is 1.27. The molecule has 1 fully saturated rings. The van der Waals surface area contributed by atoms with Gasteiger partial charge in [-0.05, 0) is 84.0 Å². The summed E-state index contributed by atoms with van der Waals surface area (Å²) in [6.45, 7) is 0. The summed E-state index contributed by atoms with van der Waals surface area (Å²) in [5.41, 5.74) is 4.18. The fraction of sp³-hybridized carbons (Fsp3) is 0.111. The van der Waals surface area contributed by atoms with Crippen molar-refractivity contribution in [1.82, 2.24) is 9.97 Å². The zero-order chi connectivity index (χ0) is 25.1. The Labute approximate surface area is 226 Å². The van der Waals surface area contributed by atoms with Crippen LogP contribution in [0.15, 0.2) is 79.0 Å². The van der Waals surface area contributed by atoms with Gasteiger partial charge >= 0.3 is 0 Å². The number of nitrogens with one attached hydrogen (secondary N) is 3. The third-order valence-electron chi connectivity index (χ3n) is 5.62. The Hall–Kier alpha value is -3.50. The summed E-state index contributed by atoms with van der Waals surface area (Å²) < 4.78 is 0.774. The second-order valence-electron chi connectivity index (χ2n) is 8.36. The van der Waals surface area contributed by atoms with Crippen LogP contribution in [-0.4, -0.2) is 21.8 Å². The zero-order valence-electron chi connectivity index (χ0n) is 19.0. The molecule has 1 aromatic heterocycles. The van der Waals surface area contributed by atoms with E-state index in [-0.39, 0.29) is 17.7 Å². The monoisotopic (exact) mass is 609 g/mol. The van der Waals surface area contributed by atoms with E-state index in [2.05, 4.69) is 48.5 Å². The number of benzene rings is 3. The summed E-state index contributed by atoms with van der Waals surface area (Å²) in [5, 5.41) is 9.42. The van der Waals surface area contributed by atoms with E-state index >= 15 is 0 Å². The number of rotatable bonds is 7. The largest absolute Gasteiger partial charge is 0.326 e. The molecule has 0 spiro atoms. The molecule has 9 heteroatoms. The van der Waals surface area contributed by atoms with E-state index in [1.807, 2.05) is 48.5 Å². The van der Waals surface area contributed by atoms with Crippen molar-refractivity contribution in [3.05, 3.63) is 93.1 Å². The lowest BCUT2D eigenvalue weighted by Gasteiger charge is -2.11. The molecular weight excluding hydrogens is 589 g/mol. The number of carbonyl (C=O) groups is 2. The highest BCUT2D eigenvalue weighted by Crippen LogP contribution is 2.30. The first-order valence-corrected chi connectivity index (χ1v) is 12.8. The summed E-state index contributed by atoms with van der Waals surface area (Å²) >= 11 is 8.32. The molecular formula is C27H21ClIN5O2. The van der Waals surface area contributed by atoms with Crippen LogP contribution in [0.4, 0.5) is 23.0 Å². The average molecular weight is 610 g/mol. The maximum atomic E-state index is 12.8. The Morgan fingerprint density at radius 3 is 2.39 bits per heavy atom. The molecule has 1 heterocycles. The van der Waals surface area contributed by atoms with E-state index < -0.39 is 0 Å². The summed E-state index contributed by atoms with van der Waals surface area (Å²) in [7, 11) is 0. The van der Waals surface area contributed by atoms with Crippen LogP contribution in [-0.2, 0) is 4.79 Å². The quantitative estimate of drug-likeness (QED) is 0.202. The third-order valence-corrected chi connectivity index (χ3v) is 6.83. The minimum absolute atomic E-state index is 0.0799. The van der Waals surface area contributed by atoms with E-state index in [0.717, 1.165) is 39.0 Å². The van der Waals surface area contributed by atoms with Crippen molar-refractivity contribution in [2.45, 2.75) is 12.8 Å². The van der Waals surface area contributed by atoms with Crippen LogP contribution >= 0.6 is 34.2 Å². The molecule has 3 N–H and O–H groups in total. The van der Waals surface area contributed by atoms with Crippen LogP contribution in [0, 0.1) is 9.49 Å². The molecule has 2 amide bonds. The molecule has 0 saturated heterocycles. The first-order valence-electron chi connectivity index (χ1n) is 11.3. The molecule has 1 aliphatic carbocycles. The number of anilines is 4. The molecule has 0 radical (unpaired) electrons. The standard InChI is InChI=1S/C27H21ClIN5O2/c28-21-5-2-6-22(29)24(21)26(36)32-19-3-1-4-20(15-19)33-27-30-14-13-23(34-27)16-9-11-18(12-10-16)31-25(35)17-7-8-17/h1-6,9-15,17H,7-8H2,(H,31,35)(H,32,36)(H,30,33,34). The first kappa shape index (κ1) is 24.2. The highest BCUT2D eigenvalue weighted by atomic mass is 127. The van der Waals surface area contributed by atoms with Gasteiger partial charge in [-0.3, -0.25) is 9.59 Å². The van der Waals surface area contributed by atoms with Crippen molar-refractivity contribution in [3.63, 3.8) is 0 Å². The smallest absolute Gasteiger partial charge is 0.258 e. The Bertz CT molecular complexity index is 1420. The Morgan fingerprint density at radius 1 is 0.889 bits per heavy atom. The fourth-order valence-corrected chi connectivity index (χ4v) is 4.77. The molecule has 0 unspecified atom stereocenters. The molecule has 1 aliphatic rings. The minimum Gasteiger partial charge on any atom is -0.326 e. The first-order chi connectivity index (χ1) is 17.5. The lowest BCUT2D eigenvalue weighted by Crippen LogP contribution is -2.14. The minimum atomic E-state index is -0.280. The van der Waals surface area contributed by atoms with Gasteiger partial charge in [-0.25, -0.2) is 9.97 Å². The Morgan fingerprint density at radius 2 is 1.64 bits per heavy atom. The van der Waals surface area contributed by atoms with E-state index in [1.165, 1.54) is 0 Å². The van der Waals surface area contributed by atoms with Crippen LogP contribution < -0.4 is 16.0 Å². The van der Waals surface area contributed by atoms with Gasteiger partial charge in [0.05, 0.1) is 16.3 Å². The van der Waals surface area contributed by atoms with Crippen molar-refractivity contribution in [3.8, 4) is 11.3 Å². The molecule has 1 saturated carbocycles. The molecule has 5 rings (SSSR count). The molecule has 4 aromatic rings. The van der Waals surface area contributed by atoms with Crippen molar-refractivity contribution in [2.24, 2.45) is 5.92 Å². The second-order valence-corrected chi connectivity index (χ2v) is 9.93. The summed E-state index contributed by atoms with van der Waals surface area (Å²) in [6, 6.07) is 22.0. The number of halogens is 2. The maximum Gasteiger partial charge on any atom is 0.258 e. The second kappa shape index (κ2) is 10.6. The van der Waals surface area contributed by atoms with Gasteiger partial charge in [-0.15, -0.1) is 0 Å². The average Bonchev–Trinajstić information content (AvgIpc) is 3.71. The van der Waals surface area contributed by atoms with Gasteiger partial charge in [0.1, 0.15) is 0 Å². The molecule has 0 bridgehead atoms. The Kier molecular flexibility index (Phi) is 7.15. The van der Waals surface area contributed by atoms with Crippen molar-refractivity contribution in [1.29, 1.82) is 0 Å². The topological polar surface area (TPSA) is 96.0 Å². The third kappa shape index (κ3) is 5.83. The molecule has 3 aromatic carbocycles. The SMILES string of the molecule is O=C(Nc1cccc(Nc2nccc(-c3ccc(NC(=O)C4CC4)cc3)n2)c1)c1c(Cl)cccc1I. The molecule has 36 heavy (non-hydrogen) atoms. The van der Waals surface area contributed by atoms with Crippen LogP contribution in [0.2, 0.25) is 5.02 Å². The lowest BCUT2D eigenvalue weighted by atomic mass is 10.1. The van der Waals surface area contributed by atoms with Gasteiger partial charge in [-0.1, -0.05) is 35.9 Å². The molecule has 0 atom stereocenters. The number of hydrogen-bond donors (Lipinski definition) is 3. The van der Waals surface area contributed by atoms with Gasteiger partial charge in [0, 0.05) is 38.3 Å². The lowest BCUT2D eigenvalue weighted by molar-refractivity contribution is -0.117. The van der Waals surface area contributed by atoms with E-state index in [9.17, 15) is 9.59 Å². The van der Waals surface area contributed by atoms with Gasteiger partial charge in [0.2, 0.25) is 11.9 Å². The number of carbonyl (C=O) groups excluding carboxylic acids is 2. The van der Waals surface area contributed by atoms with Crippen LogP contribution in [0.25, 0.3) is 11.3 Å². The van der Waals surface area contributed by atoms with Crippen molar-refractivity contribution < 1.29 is 9.59 Å². The van der Waals surface area contributed by atoms with Gasteiger partial charge in [0.25, 0.3) is 5.91 Å². The summed E-state index contributed by atoms with van der Waals surface area (Å²) in [4.78, 5) is 33.7. The highest BCUT2D eigenvalue weighted by Gasteiger charge is 2.29. The predicted octanol–water partition coefficient (Wildman–Crippen LogP) is 6.75. The van der Waals surface area contributed by atoms with Crippen LogP contribution in [0.5, 0.6) is 0 Å². The summed E-state index contributed by atoms with van der Waals surface area (Å²) in [6.07, 6.45) is 3.62. The predicted molar refractivity (Wildman–Crippen MR) is 151 cm³/mol. The number of nitrogens with zero attached hydrogens (tertiary/aromatic N) is 2. The van der Waals surface area contributed by atoms with Gasteiger partial charge in [0.15, 0.2) is 0 Å². The normalized spacial score (nSPS) is 12.6. The molecule has 7 nitrogen and oxygen atoms in total. The van der Waals surface area contributed by atoms with Gasteiger partial charge < -0.3 is 16.0 Å². The number of aromatic nitrogens is 2. The van der Waals surface area contributed by atoms with Crippen LogP contribution in [0.1, 0.15) is 23.2 Å². The molecule has 0 aliphatic heterocycles. The summed E-state index contributed by atoms with van der Waals surface area (Å²) in [5.74, 6) is 0.378. The zero-order valence-corrected chi connectivity index (χ0v) is 21.9. The number of hydrogen-bond acceptors (Lipinski definition) is 5. The van der Waals surface area contributed by atoms with E-state index in [0.29, 0.717) is 22.2 Å². The van der Waals surface area contributed by atoms with Crippen molar-refractivity contribution in [2.75, 3.05) is 16.0 Å².